The van der Waals surface area contributed by atoms with Crippen LogP contribution in [-0.4, -0.2) is 23.6 Å². The van der Waals surface area contributed by atoms with Gasteiger partial charge in [-0.25, -0.2) is 0 Å². The monoisotopic (exact) mass is 550 g/mol. The second kappa shape index (κ2) is 15.4. The zero-order chi connectivity index (χ0) is 28.2. The quantitative estimate of drug-likeness (QED) is 0.0917. The summed E-state index contributed by atoms with van der Waals surface area (Å²) in [6.45, 7) is 9.73. The van der Waals surface area contributed by atoms with E-state index in [1.807, 2.05) is 50.2 Å². The third kappa shape index (κ3) is 9.67. The molecule has 216 valence electrons. The van der Waals surface area contributed by atoms with Crippen molar-refractivity contribution in [1.82, 2.24) is 31.9 Å². The smallest absolute Gasteiger partial charge is 0.124 e. The Kier molecular flexibility index (Phi) is 11.4. The van der Waals surface area contributed by atoms with Gasteiger partial charge in [-0.05, 0) is 74.9 Å². The largest absolute Gasteiger partial charge is 0.507 e. The summed E-state index contributed by atoms with van der Waals surface area (Å²) < 4.78 is 16.2. The van der Waals surface area contributed by atoms with Crippen LogP contribution in [-0.2, 0) is 39.3 Å². The number of aromatic hydroxyl groups is 1. The molecule has 3 heterocycles. The number of rotatable bonds is 18. The van der Waals surface area contributed by atoms with Crippen LogP contribution in [0.1, 0.15) is 54.7 Å². The van der Waals surface area contributed by atoms with Crippen molar-refractivity contribution >= 4 is 0 Å². The Labute approximate surface area is 235 Å². The van der Waals surface area contributed by atoms with Crippen molar-refractivity contribution < 1.29 is 18.4 Å². The predicted octanol–water partition coefficient (Wildman–Crippen LogP) is 3.85. The van der Waals surface area contributed by atoms with Crippen molar-refractivity contribution in [3.8, 4) is 5.75 Å². The molecule has 0 bridgehead atoms. The SMILES string of the molecule is CC(NCc1cc(CNC(C)NCc2ccco2)c(O)c(CNC(C)NCc2ccco2)c1)NCc1ccco1. The van der Waals surface area contributed by atoms with Crippen LogP contribution in [0.5, 0.6) is 5.75 Å². The Morgan fingerprint density at radius 2 is 0.900 bits per heavy atom. The number of hydrogen-bond donors (Lipinski definition) is 7. The van der Waals surface area contributed by atoms with Crippen LogP contribution in [0.15, 0.2) is 80.6 Å². The first-order valence-corrected chi connectivity index (χ1v) is 13.8. The Morgan fingerprint density at radius 1 is 0.550 bits per heavy atom. The maximum atomic E-state index is 11.2. The van der Waals surface area contributed by atoms with Crippen molar-refractivity contribution in [2.75, 3.05) is 0 Å². The van der Waals surface area contributed by atoms with Crippen molar-refractivity contribution in [1.29, 1.82) is 0 Å². The number of furan rings is 3. The Hall–Kier alpha value is -3.38. The van der Waals surface area contributed by atoms with Gasteiger partial charge in [0.1, 0.15) is 23.0 Å². The van der Waals surface area contributed by atoms with Crippen LogP contribution in [0.2, 0.25) is 0 Å². The fraction of sp³-hybridized carbons (Fsp3) is 0.400. The third-order valence-corrected chi connectivity index (χ3v) is 6.63. The predicted molar refractivity (Wildman–Crippen MR) is 154 cm³/mol. The minimum Gasteiger partial charge on any atom is -0.507 e. The Morgan fingerprint density at radius 3 is 1.25 bits per heavy atom. The van der Waals surface area contributed by atoms with Crippen LogP contribution < -0.4 is 31.9 Å². The van der Waals surface area contributed by atoms with E-state index in [1.165, 1.54) is 0 Å². The molecule has 4 aromatic rings. The Balaban J connectivity index is 1.35. The lowest BCUT2D eigenvalue weighted by Crippen LogP contribution is -2.39. The first kappa shape index (κ1) is 29.6. The summed E-state index contributed by atoms with van der Waals surface area (Å²) in [5, 5.41) is 31.8. The Bertz CT molecular complexity index is 1160. The van der Waals surface area contributed by atoms with Crippen LogP contribution in [0, 0.1) is 0 Å². The fourth-order valence-corrected chi connectivity index (χ4v) is 4.22. The van der Waals surface area contributed by atoms with Crippen molar-refractivity contribution in [2.24, 2.45) is 0 Å². The molecule has 0 aliphatic rings. The number of hydrogen-bond acceptors (Lipinski definition) is 10. The molecule has 10 nitrogen and oxygen atoms in total. The molecule has 40 heavy (non-hydrogen) atoms. The molecule has 0 amide bonds. The van der Waals surface area contributed by atoms with Gasteiger partial charge in [0.2, 0.25) is 0 Å². The van der Waals surface area contributed by atoms with Crippen LogP contribution in [0.25, 0.3) is 0 Å². The van der Waals surface area contributed by atoms with E-state index in [-0.39, 0.29) is 18.5 Å². The first-order chi connectivity index (χ1) is 19.5. The molecule has 3 aromatic heterocycles. The zero-order valence-electron chi connectivity index (χ0n) is 23.5. The van der Waals surface area contributed by atoms with Gasteiger partial charge in [0.25, 0.3) is 0 Å². The van der Waals surface area contributed by atoms with Crippen LogP contribution >= 0.6 is 0 Å². The van der Waals surface area contributed by atoms with Crippen LogP contribution in [0.4, 0.5) is 0 Å². The van der Waals surface area contributed by atoms with Gasteiger partial charge in [-0.3, -0.25) is 31.9 Å². The summed E-state index contributed by atoms with van der Waals surface area (Å²) in [6.07, 6.45) is 5.12. The molecular formula is C30H42N6O4. The molecule has 3 unspecified atom stereocenters. The van der Waals surface area contributed by atoms with E-state index < -0.39 is 0 Å². The highest BCUT2D eigenvalue weighted by molar-refractivity contribution is 5.44. The summed E-state index contributed by atoms with van der Waals surface area (Å²) in [5.41, 5.74) is 2.77. The number of nitrogens with one attached hydrogen (secondary N) is 6. The summed E-state index contributed by atoms with van der Waals surface area (Å²) in [5.74, 6) is 2.94. The summed E-state index contributed by atoms with van der Waals surface area (Å²) in [7, 11) is 0. The molecule has 10 heteroatoms. The highest BCUT2D eigenvalue weighted by Crippen LogP contribution is 2.25. The van der Waals surface area contributed by atoms with Gasteiger partial charge in [0, 0.05) is 30.8 Å². The second-order valence-electron chi connectivity index (χ2n) is 9.95. The second-order valence-corrected chi connectivity index (χ2v) is 9.95. The standard InChI is InChI=1S/C30H42N6O4/c1-21(34-18-27-7-4-10-38-27)31-15-24-13-25(16-32-22(2)35-19-28-8-5-11-39-28)30(37)26(14-24)17-33-23(3)36-20-29-9-6-12-40-29/h4-14,21-23,31-37H,15-20H2,1-3H3. The average Bonchev–Trinajstić information content (AvgIpc) is 3.76. The molecule has 0 spiro atoms. The van der Waals surface area contributed by atoms with Crippen molar-refractivity contribution in [2.45, 2.75) is 78.5 Å². The molecule has 0 radical (unpaired) electrons. The lowest BCUT2D eigenvalue weighted by Gasteiger charge is -2.20. The zero-order valence-corrected chi connectivity index (χ0v) is 23.5. The molecule has 7 N–H and O–H groups in total. The minimum atomic E-state index is 0.0181. The van der Waals surface area contributed by atoms with Gasteiger partial charge >= 0.3 is 0 Å². The lowest BCUT2D eigenvalue weighted by molar-refractivity contribution is 0.397. The number of phenolic OH excluding ortho intramolecular Hbond substituents is 1. The molecular weight excluding hydrogens is 508 g/mol. The van der Waals surface area contributed by atoms with Crippen molar-refractivity contribution in [3.05, 3.63) is 101 Å². The molecule has 0 aliphatic heterocycles. The highest BCUT2D eigenvalue weighted by atomic mass is 16.3. The molecule has 0 saturated carbocycles. The fourth-order valence-electron chi connectivity index (χ4n) is 4.22. The van der Waals surface area contributed by atoms with Crippen LogP contribution in [0.3, 0.4) is 0 Å². The van der Waals surface area contributed by atoms with E-state index in [9.17, 15) is 5.11 Å². The van der Waals surface area contributed by atoms with Gasteiger partial charge in [-0.1, -0.05) is 0 Å². The van der Waals surface area contributed by atoms with E-state index in [1.54, 1.807) is 18.8 Å². The van der Waals surface area contributed by atoms with E-state index in [4.69, 9.17) is 13.3 Å². The van der Waals surface area contributed by atoms with E-state index in [0.717, 1.165) is 34.0 Å². The summed E-state index contributed by atoms with van der Waals surface area (Å²) >= 11 is 0. The van der Waals surface area contributed by atoms with Crippen molar-refractivity contribution in [3.63, 3.8) is 0 Å². The topological polar surface area (TPSA) is 132 Å². The lowest BCUT2D eigenvalue weighted by atomic mass is 10.0. The summed E-state index contributed by atoms with van der Waals surface area (Å²) in [4.78, 5) is 0. The molecule has 4 rings (SSSR count). The van der Waals surface area contributed by atoms with E-state index in [2.05, 4.69) is 51.0 Å². The van der Waals surface area contributed by atoms with E-state index >= 15 is 0 Å². The van der Waals surface area contributed by atoms with E-state index in [0.29, 0.717) is 45.0 Å². The molecule has 0 fully saturated rings. The van der Waals surface area contributed by atoms with Gasteiger partial charge in [-0.15, -0.1) is 0 Å². The highest BCUT2D eigenvalue weighted by Gasteiger charge is 2.14. The molecule has 3 atom stereocenters. The van der Waals surface area contributed by atoms with Gasteiger partial charge in [0.05, 0.1) is 56.9 Å². The third-order valence-electron chi connectivity index (χ3n) is 6.63. The maximum absolute atomic E-state index is 11.2. The number of benzene rings is 1. The van der Waals surface area contributed by atoms with Gasteiger partial charge < -0.3 is 18.4 Å². The number of phenols is 1. The van der Waals surface area contributed by atoms with Gasteiger partial charge in [0.15, 0.2) is 0 Å². The minimum absolute atomic E-state index is 0.0181. The summed E-state index contributed by atoms with van der Waals surface area (Å²) in [6, 6.07) is 15.6. The molecule has 0 saturated heterocycles. The normalized spacial score (nSPS) is 13.9. The molecule has 0 aliphatic carbocycles. The molecule has 1 aromatic carbocycles. The maximum Gasteiger partial charge on any atom is 0.124 e. The average molecular weight is 551 g/mol. The van der Waals surface area contributed by atoms with Gasteiger partial charge in [-0.2, -0.15) is 0 Å². The first-order valence-electron chi connectivity index (χ1n) is 13.8.